The predicted molar refractivity (Wildman–Crippen MR) is 108 cm³/mol. The second-order valence-corrected chi connectivity index (χ2v) is 7.21. The first kappa shape index (κ1) is 19.1. The van der Waals surface area contributed by atoms with Crippen LogP contribution in [0.2, 0.25) is 0 Å². The zero-order chi connectivity index (χ0) is 20.1. The Kier molecular flexibility index (Phi) is 5.84. The van der Waals surface area contributed by atoms with E-state index in [0.29, 0.717) is 24.7 Å². The average molecular weight is 391 g/mol. The second-order valence-electron chi connectivity index (χ2n) is 7.21. The molecule has 29 heavy (non-hydrogen) atoms. The Labute approximate surface area is 170 Å². The minimum Gasteiger partial charge on any atom is -0.339 e. The van der Waals surface area contributed by atoms with Crippen molar-refractivity contribution < 1.29 is 9.32 Å². The first-order valence-electron chi connectivity index (χ1n) is 10.1. The number of benzene rings is 1. The fourth-order valence-electron chi connectivity index (χ4n) is 3.83. The Morgan fingerprint density at radius 3 is 2.97 bits per heavy atom. The lowest BCUT2D eigenvalue weighted by molar-refractivity contribution is 0.161. The average Bonchev–Trinajstić information content (AvgIpc) is 3.24. The third-order valence-corrected chi connectivity index (χ3v) is 5.26. The van der Waals surface area contributed by atoms with Crippen molar-refractivity contribution in [3.05, 3.63) is 77.2 Å². The van der Waals surface area contributed by atoms with Crippen LogP contribution in [-0.2, 0) is 25.9 Å². The highest BCUT2D eigenvalue weighted by molar-refractivity contribution is 5.75. The zero-order valence-electron chi connectivity index (χ0n) is 16.5. The molecule has 1 aliphatic carbocycles. The van der Waals surface area contributed by atoms with Gasteiger partial charge in [0, 0.05) is 25.4 Å². The quantitative estimate of drug-likeness (QED) is 0.691. The summed E-state index contributed by atoms with van der Waals surface area (Å²) >= 11 is 0. The third kappa shape index (κ3) is 4.45. The van der Waals surface area contributed by atoms with Crippen LogP contribution in [0.25, 0.3) is 0 Å². The number of hydrogen-bond acceptors (Lipinski definition) is 5. The van der Waals surface area contributed by atoms with Crippen molar-refractivity contribution in [2.24, 2.45) is 0 Å². The minimum absolute atomic E-state index is 0.0247. The molecule has 1 aliphatic rings. The molecule has 0 radical (unpaired) electrons. The molecule has 7 nitrogen and oxygen atoms in total. The van der Waals surface area contributed by atoms with Crippen LogP contribution in [0.15, 0.2) is 53.3 Å². The van der Waals surface area contributed by atoms with Crippen LogP contribution < -0.4 is 5.32 Å². The number of carbonyl (C=O) groups is 1. The lowest BCUT2D eigenvalue weighted by Gasteiger charge is -2.36. The fourth-order valence-corrected chi connectivity index (χ4v) is 3.83. The van der Waals surface area contributed by atoms with E-state index in [1.165, 1.54) is 11.1 Å². The van der Waals surface area contributed by atoms with Gasteiger partial charge in [0.1, 0.15) is 0 Å². The smallest absolute Gasteiger partial charge is 0.318 e. The molecule has 0 fully saturated rings. The van der Waals surface area contributed by atoms with Crippen LogP contribution in [0.1, 0.15) is 54.2 Å². The van der Waals surface area contributed by atoms with Crippen molar-refractivity contribution in [3.8, 4) is 0 Å². The Bertz CT molecular complexity index is 957. The largest absolute Gasteiger partial charge is 0.339 e. The van der Waals surface area contributed by atoms with Gasteiger partial charge in [-0.3, -0.25) is 4.98 Å². The first-order chi connectivity index (χ1) is 14.2. The van der Waals surface area contributed by atoms with E-state index < -0.39 is 0 Å². The maximum absolute atomic E-state index is 13.2. The number of hydrogen-bond donors (Lipinski definition) is 1. The van der Waals surface area contributed by atoms with Crippen LogP contribution in [0.4, 0.5) is 4.79 Å². The van der Waals surface area contributed by atoms with Crippen LogP contribution in [0.3, 0.4) is 0 Å². The minimum atomic E-state index is -0.140. The number of nitrogens with zero attached hydrogens (tertiary/aromatic N) is 4. The number of carbonyl (C=O) groups excluding carboxylic acids is 1. The van der Waals surface area contributed by atoms with Gasteiger partial charge in [0.15, 0.2) is 5.82 Å². The molecular formula is C22H25N5O2. The summed E-state index contributed by atoms with van der Waals surface area (Å²) < 4.78 is 5.13. The van der Waals surface area contributed by atoms with Crippen LogP contribution >= 0.6 is 0 Å². The summed E-state index contributed by atoms with van der Waals surface area (Å²) in [6, 6.07) is 12.2. The Morgan fingerprint density at radius 2 is 2.17 bits per heavy atom. The molecule has 0 saturated carbocycles. The number of nitrogens with one attached hydrogen (secondary N) is 1. The highest BCUT2D eigenvalue weighted by Gasteiger charge is 2.29. The fraction of sp³-hybridized carbons (Fsp3) is 0.364. The maximum atomic E-state index is 13.2. The van der Waals surface area contributed by atoms with E-state index in [4.69, 9.17) is 4.52 Å². The molecule has 0 spiro atoms. The molecule has 2 heterocycles. The van der Waals surface area contributed by atoms with Gasteiger partial charge in [-0.2, -0.15) is 4.98 Å². The highest BCUT2D eigenvalue weighted by Crippen LogP contribution is 2.35. The van der Waals surface area contributed by atoms with Crippen molar-refractivity contribution in [1.82, 2.24) is 25.3 Å². The molecule has 1 aromatic carbocycles. The molecule has 0 bridgehead atoms. The number of aryl methyl sites for hydroxylation is 2. The number of fused-ring (bicyclic) bond motifs is 1. The van der Waals surface area contributed by atoms with Gasteiger partial charge in [0.05, 0.1) is 12.6 Å². The van der Waals surface area contributed by atoms with E-state index in [2.05, 4.69) is 38.6 Å². The summed E-state index contributed by atoms with van der Waals surface area (Å²) in [5.41, 5.74) is 3.54. The molecule has 3 aromatic rings. The predicted octanol–water partition coefficient (Wildman–Crippen LogP) is 3.82. The van der Waals surface area contributed by atoms with E-state index in [1.54, 1.807) is 6.20 Å². The van der Waals surface area contributed by atoms with Crippen molar-refractivity contribution in [3.63, 3.8) is 0 Å². The van der Waals surface area contributed by atoms with Gasteiger partial charge in [-0.1, -0.05) is 42.4 Å². The van der Waals surface area contributed by atoms with Crippen molar-refractivity contribution in [1.29, 1.82) is 0 Å². The monoisotopic (exact) mass is 391 g/mol. The Balaban J connectivity index is 1.56. The van der Waals surface area contributed by atoms with Gasteiger partial charge in [0.25, 0.3) is 0 Å². The molecule has 2 amide bonds. The van der Waals surface area contributed by atoms with Crippen molar-refractivity contribution >= 4 is 6.03 Å². The molecule has 1 atom stereocenters. The molecular weight excluding hydrogens is 366 g/mol. The van der Waals surface area contributed by atoms with Crippen molar-refractivity contribution in [2.45, 2.75) is 51.7 Å². The number of rotatable bonds is 6. The Morgan fingerprint density at radius 1 is 1.28 bits per heavy atom. The van der Waals surface area contributed by atoms with Gasteiger partial charge < -0.3 is 14.7 Å². The van der Waals surface area contributed by atoms with Crippen LogP contribution in [0.5, 0.6) is 0 Å². The van der Waals surface area contributed by atoms with Gasteiger partial charge in [-0.15, -0.1) is 0 Å². The Hall–Kier alpha value is -3.22. The SMILES string of the molecule is CCc1nc(CNC(=O)N(Cc2cccnc2)[C@@H]2CCCc3ccccc32)no1. The van der Waals surface area contributed by atoms with E-state index in [0.717, 1.165) is 24.8 Å². The molecule has 7 heteroatoms. The van der Waals surface area contributed by atoms with Crippen molar-refractivity contribution in [2.75, 3.05) is 0 Å². The topological polar surface area (TPSA) is 84.2 Å². The number of amides is 2. The molecule has 2 aromatic heterocycles. The summed E-state index contributed by atoms with van der Waals surface area (Å²) in [4.78, 5) is 23.6. The molecule has 150 valence electrons. The molecule has 0 saturated heterocycles. The van der Waals surface area contributed by atoms with Gasteiger partial charge in [-0.25, -0.2) is 4.79 Å². The third-order valence-electron chi connectivity index (χ3n) is 5.26. The molecule has 0 unspecified atom stereocenters. The molecule has 1 N–H and O–H groups in total. The number of aromatic nitrogens is 3. The lowest BCUT2D eigenvalue weighted by Crippen LogP contribution is -2.42. The van der Waals surface area contributed by atoms with Crippen LogP contribution in [-0.4, -0.2) is 26.1 Å². The van der Waals surface area contributed by atoms with Gasteiger partial charge in [-0.05, 0) is 42.0 Å². The first-order valence-corrected chi connectivity index (χ1v) is 10.1. The molecule has 0 aliphatic heterocycles. The van der Waals surface area contributed by atoms with E-state index in [-0.39, 0.29) is 18.6 Å². The van der Waals surface area contributed by atoms with E-state index in [9.17, 15) is 4.79 Å². The summed E-state index contributed by atoms with van der Waals surface area (Å²) in [5.74, 6) is 1.06. The normalized spacial score (nSPS) is 15.6. The highest BCUT2D eigenvalue weighted by atomic mass is 16.5. The van der Waals surface area contributed by atoms with E-state index in [1.807, 2.05) is 36.2 Å². The second kappa shape index (κ2) is 8.86. The van der Waals surface area contributed by atoms with Gasteiger partial charge in [0.2, 0.25) is 5.89 Å². The number of pyridine rings is 1. The van der Waals surface area contributed by atoms with E-state index >= 15 is 0 Å². The summed E-state index contributed by atoms with van der Waals surface area (Å²) in [7, 11) is 0. The zero-order valence-corrected chi connectivity index (χ0v) is 16.5. The summed E-state index contributed by atoms with van der Waals surface area (Å²) in [6.07, 6.45) is 7.27. The molecule has 4 rings (SSSR count). The summed E-state index contributed by atoms with van der Waals surface area (Å²) in [5, 5.41) is 6.89. The lowest BCUT2D eigenvalue weighted by atomic mass is 9.86. The van der Waals surface area contributed by atoms with Crippen LogP contribution in [0, 0.1) is 0 Å². The standard InChI is InChI=1S/C22H25N5O2/c1-2-21-25-20(26-29-21)14-24-22(28)27(15-16-7-6-12-23-13-16)19-11-5-9-17-8-3-4-10-18(17)19/h3-4,6-8,10,12-13,19H,2,5,9,11,14-15H2,1H3,(H,24,28)/t19-/m1/s1. The number of urea groups is 1. The maximum Gasteiger partial charge on any atom is 0.318 e. The summed E-state index contributed by atoms with van der Waals surface area (Å²) in [6.45, 7) is 2.68. The van der Waals surface area contributed by atoms with Gasteiger partial charge >= 0.3 is 6.03 Å².